The lowest BCUT2D eigenvalue weighted by molar-refractivity contribution is -0.123. The van der Waals surface area contributed by atoms with Gasteiger partial charge in [0.25, 0.3) is 11.8 Å². The molecule has 0 spiro atoms. The second kappa shape index (κ2) is 8.58. The van der Waals surface area contributed by atoms with E-state index in [0.29, 0.717) is 5.56 Å². The second-order valence-corrected chi connectivity index (χ2v) is 8.95. The monoisotopic (exact) mass is 422 g/mol. The number of hydrogen-bond donors (Lipinski definition) is 2. The Morgan fingerprint density at radius 3 is 2.41 bits per heavy atom. The van der Waals surface area contributed by atoms with Crippen LogP contribution < -0.4 is 10.0 Å². The van der Waals surface area contributed by atoms with Gasteiger partial charge in [0.05, 0.1) is 16.7 Å². The summed E-state index contributed by atoms with van der Waals surface area (Å²) < 4.78 is 37.2. The highest BCUT2D eigenvalue weighted by Gasteiger charge is 2.24. The minimum absolute atomic E-state index is 0.00746. The van der Waals surface area contributed by atoms with Crippen LogP contribution in [0.3, 0.4) is 0 Å². The average molecular weight is 422 g/mol. The number of carbonyl (C=O) groups excluding carboxylic acids is 3. The summed E-state index contributed by atoms with van der Waals surface area (Å²) in [6.45, 7) is 5.95. The molecule has 2 rings (SSSR count). The molecule has 0 aliphatic heterocycles. The molecule has 0 bridgehead atoms. The molecule has 0 saturated heterocycles. The Hall–Kier alpha value is -2.98. The summed E-state index contributed by atoms with van der Waals surface area (Å²) in [5, 5.41) is 2.01. The summed E-state index contributed by atoms with van der Waals surface area (Å²) in [7, 11) is -3.86. The number of ether oxygens (including phenoxy) is 1. The Bertz CT molecular complexity index is 1020. The molecule has 0 aliphatic carbocycles. The van der Waals surface area contributed by atoms with Crippen molar-refractivity contribution in [2.75, 3.05) is 6.61 Å². The summed E-state index contributed by atoms with van der Waals surface area (Å²) in [5.74, 6) is -2.58. The fourth-order valence-electron chi connectivity index (χ4n) is 2.29. The van der Waals surface area contributed by atoms with E-state index in [9.17, 15) is 22.8 Å². The van der Waals surface area contributed by atoms with Gasteiger partial charge in [-0.2, -0.15) is 0 Å². The average Bonchev–Trinajstić information content (AvgIpc) is 3.12. The molecular weight excluding hydrogens is 400 g/mol. The molecule has 2 N–H and O–H groups in total. The third kappa shape index (κ3) is 6.26. The van der Waals surface area contributed by atoms with E-state index >= 15 is 0 Å². The number of sulfonamides is 1. The van der Waals surface area contributed by atoms with Gasteiger partial charge >= 0.3 is 5.97 Å². The van der Waals surface area contributed by atoms with E-state index in [1.807, 2.05) is 5.32 Å². The lowest BCUT2D eigenvalue weighted by Crippen LogP contribution is -2.40. The van der Waals surface area contributed by atoms with Gasteiger partial charge in [0.1, 0.15) is 0 Å². The van der Waals surface area contributed by atoms with E-state index in [1.165, 1.54) is 36.6 Å². The van der Waals surface area contributed by atoms with Gasteiger partial charge in [0.15, 0.2) is 12.4 Å². The van der Waals surface area contributed by atoms with Crippen LogP contribution in [0.15, 0.2) is 45.9 Å². The van der Waals surface area contributed by atoms with Crippen LogP contribution in [0.2, 0.25) is 0 Å². The Kier molecular flexibility index (Phi) is 6.60. The largest absolute Gasteiger partial charge is 0.459 e. The Morgan fingerprint density at radius 2 is 1.83 bits per heavy atom. The van der Waals surface area contributed by atoms with Crippen LogP contribution in [-0.4, -0.2) is 38.3 Å². The number of aryl methyl sites for hydroxylation is 1. The SMILES string of the molecule is Cc1ccc(S(=O)(=O)NC(C)(C)C)cc1C(=O)OCC(=O)NC(=O)c1ccco1. The molecule has 29 heavy (non-hydrogen) atoms. The highest BCUT2D eigenvalue weighted by Crippen LogP contribution is 2.18. The van der Waals surface area contributed by atoms with E-state index in [0.717, 1.165) is 0 Å². The van der Waals surface area contributed by atoms with Crippen LogP contribution in [0.25, 0.3) is 0 Å². The summed E-state index contributed by atoms with van der Waals surface area (Å²) >= 11 is 0. The first-order valence-electron chi connectivity index (χ1n) is 8.58. The fraction of sp³-hybridized carbons (Fsp3) is 0.316. The first-order chi connectivity index (χ1) is 13.4. The number of esters is 1. The fourth-order valence-corrected chi connectivity index (χ4v) is 3.74. The van der Waals surface area contributed by atoms with Crippen LogP contribution in [0.5, 0.6) is 0 Å². The van der Waals surface area contributed by atoms with Crippen LogP contribution in [-0.2, 0) is 19.6 Å². The highest BCUT2D eigenvalue weighted by molar-refractivity contribution is 7.89. The van der Waals surface area contributed by atoms with Crippen LogP contribution in [0.1, 0.15) is 47.2 Å². The molecule has 0 fully saturated rings. The van der Waals surface area contributed by atoms with Gasteiger partial charge < -0.3 is 9.15 Å². The third-order valence-corrected chi connectivity index (χ3v) is 5.27. The molecule has 1 aromatic carbocycles. The maximum Gasteiger partial charge on any atom is 0.338 e. The maximum atomic E-state index is 12.5. The summed E-state index contributed by atoms with van der Waals surface area (Å²) in [6, 6.07) is 6.87. The topological polar surface area (TPSA) is 132 Å². The van der Waals surface area contributed by atoms with Crippen molar-refractivity contribution in [2.24, 2.45) is 0 Å². The quantitative estimate of drug-likeness (QED) is 0.678. The van der Waals surface area contributed by atoms with Crippen molar-refractivity contribution in [3.05, 3.63) is 53.5 Å². The molecule has 1 heterocycles. The van der Waals surface area contributed by atoms with Crippen molar-refractivity contribution >= 4 is 27.8 Å². The highest BCUT2D eigenvalue weighted by atomic mass is 32.2. The summed E-state index contributed by atoms with van der Waals surface area (Å²) in [5.41, 5.74) is -0.244. The number of furan rings is 1. The van der Waals surface area contributed by atoms with E-state index in [4.69, 9.17) is 9.15 Å². The van der Waals surface area contributed by atoms with Gasteiger partial charge in [-0.25, -0.2) is 17.9 Å². The first kappa shape index (κ1) is 22.3. The van der Waals surface area contributed by atoms with Crippen molar-refractivity contribution in [2.45, 2.75) is 38.1 Å². The van der Waals surface area contributed by atoms with Crippen molar-refractivity contribution in [1.29, 1.82) is 0 Å². The second-order valence-electron chi connectivity index (χ2n) is 7.26. The minimum Gasteiger partial charge on any atom is -0.459 e. The Morgan fingerprint density at radius 1 is 1.14 bits per heavy atom. The Labute approximate surface area is 168 Å². The van der Waals surface area contributed by atoms with Gasteiger partial charge in [0.2, 0.25) is 10.0 Å². The van der Waals surface area contributed by atoms with Crippen molar-refractivity contribution in [3.8, 4) is 0 Å². The van der Waals surface area contributed by atoms with Crippen molar-refractivity contribution in [3.63, 3.8) is 0 Å². The molecule has 9 nitrogen and oxygen atoms in total. The van der Waals surface area contributed by atoms with Crippen LogP contribution in [0.4, 0.5) is 0 Å². The van der Waals surface area contributed by atoms with E-state index in [2.05, 4.69) is 4.72 Å². The number of carbonyl (C=O) groups is 3. The molecular formula is C19H22N2O7S. The van der Waals surface area contributed by atoms with Crippen LogP contribution in [0, 0.1) is 6.92 Å². The number of hydrogen-bond acceptors (Lipinski definition) is 7. The van der Waals surface area contributed by atoms with Crippen LogP contribution >= 0.6 is 0 Å². The maximum absolute atomic E-state index is 12.5. The van der Waals surface area contributed by atoms with E-state index in [-0.39, 0.29) is 16.2 Å². The molecule has 2 aromatic rings. The standard InChI is InChI=1S/C19H22N2O7S/c1-12-7-8-13(29(25,26)21-19(2,3)4)10-14(12)18(24)28-11-16(22)20-17(23)15-6-5-9-27-15/h5-10,21H,11H2,1-4H3,(H,20,22,23). The predicted molar refractivity (Wildman–Crippen MR) is 103 cm³/mol. The molecule has 0 aliphatic rings. The molecule has 156 valence electrons. The normalized spacial score (nSPS) is 11.7. The lowest BCUT2D eigenvalue weighted by atomic mass is 10.1. The first-order valence-corrected chi connectivity index (χ1v) is 10.1. The third-order valence-electron chi connectivity index (χ3n) is 3.51. The van der Waals surface area contributed by atoms with Gasteiger partial charge in [-0.1, -0.05) is 6.07 Å². The van der Waals surface area contributed by atoms with Crippen molar-refractivity contribution in [1.82, 2.24) is 10.0 Å². The van der Waals surface area contributed by atoms with Gasteiger partial charge in [-0.3, -0.25) is 14.9 Å². The van der Waals surface area contributed by atoms with E-state index < -0.39 is 40.0 Å². The molecule has 1 aromatic heterocycles. The number of imide groups is 1. The van der Waals surface area contributed by atoms with Gasteiger partial charge in [-0.05, 0) is 57.5 Å². The number of benzene rings is 1. The van der Waals surface area contributed by atoms with Gasteiger partial charge in [-0.15, -0.1) is 0 Å². The smallest absolute Gasteiger partial charge is 0.338 e. The molecule has 0 saturated carbocycles. The predicted octanol–water partition coefficient (Wildman–Crippen LogP) is 1.78. The molecule has 10 heteroatoms. The molecule has 2 amide bonds. The van der Waals surface area contributed by atoms with Crippen molar-refractivity contribution < 1.29 is 32.0 Å². The Balaban J connectivity index is 2.07. The summed E-state index contributed by atoms with van der Waals surface area (Å²) in [6.07, 6.45) is 1.28. The zero-order valence-electron chi connectivity index (χ0n) is 16.4. The van der Waals surface area contributed by atoms with Gasteiger partial charge in [0, 0.05) is 5.54 Å². The number of amides is 2. The lowest BCUT2D eigenvalue weighted by Gasteiger charge is -2.20. The molecule has 0 radical (unpaired) electrons. The minimum atomic E-state index is -3.86. The summed E-state index contributed by atoms with van der Waals surface area (Å²) in [4.78, 5) is 35.7. The van der Waals surface area contributed by atoms with E-state index in [1.54, 1.807) is 27.7 Å². The number of nitrogens with one attached hydrogen (secondary N) is 2. The molecule has 0 atom stereocenters. The number of rotatable bonds is 6. The molecule has 0 unspecified atom stereocenters. The zero-order valence-corrected chi connectivity index (χ0v) is 17.3. The zero-order chi connectivity index (χ0) is 21.8.